The number of sulfonamides is 1. The van der Waals surface area contributed by atoms with E-state index >= 15 is 0 Å². The Hall–Kier alpha value is -1.32. The zero-order valence-corrected chi connectivity index (χ0v) is 10.2. The number of aryl methyl sites for hydroxylation is 1. The Kier molecular flexibility index (Phi) is 4.10. The van der Waals surface area contributed by atoms with Crippen LogP contribution in [0.4, 0.5) is 0 Å². The smallest absolute Gasteiger partial charge is 0.247 e. The zero-order chi connectivity index (χ0) is 12.2. The number of nitrogens with one attached hydrogen (secondary N) is 1. The molecule has 0 spiro atoms. The molecule has 0 radical (unpaired) electrons. The first-order chi connectivity index (χ1) is 7.54. The molecule has 0 aliphatic heterocycles. The van der Waals surface area contributed by atoms with Crippen molar-refractivity contribution in [2.45, 2.75) is 25.2 Å². The van der Waals surface area contributed by atoms with Gasteiger partial charge in [0, 0.05) is 6.54 Å². The number of aromatic nitrogens is 2. The van der Waals surface area contributed by atoms with Crippen LogP contribution >= 0.6 is 0 Å². The van der Waals surface area contributed by atoms with Crippen molar-refractivity contribution in [3.05, 3.63) is 11.9 Å². The van der Waals surface area contributed by atoms with Gasteiger partial charge in [0.25, 0.3) is 0 Å². The number of terminal acetylenes is 1. The van der Waals surface area contributed by atoms with Gasteiger partial charge in [0.15, 0.2) is 0 Å². The Labute approximate surface area is 95.9 Å². The summed E-state index contributed by atoms with van der Waals surface area (Å²) in [5.41, 5.74) is 0.526. The largest absolute Gasteiger partial charge is 0.281 e. The predicted molar refractivity (Wildman–Crippen MR) is 61.2 cm³/mol. The molecule has 0 bridgehead atoms. The van der Waals surface area contributed by atoms with Crippen molar-refractivity contribution in [2.75, 3.05) is 13.1 Å². The number of aromatic amines is 1. The Bertz CT molecular complexity index is 484. The molecule has 0 amide bonds. The number of hydrogen-bond acceptors (Lipinski definition) is 3. The first-order valence-corrected chi connectivity index (χ1v) is 6.41. The summed E-state index contributed by atoms with van der Waals surface area (Å²) in [6.45, 7) is 4.07. The van der Waals surface area contributed by atoms with Gasteiger partial charge < -0.3 is 0 Å². The van der Waals surface area contributed by atoms with E-state index < -0.39 is 10.0 Å². The molecule has 1 heterocycles. The molecule has 1 aromatic rings. The molecule has 88 valence electrons. The Morgan fingerprint density at radius 3 is 2.75 bits per heavy atom. The summed E-state index contributed by atoms with van der Waals surface area (Å²) in [4.78, 5) is 0.191. The van der Waals surface area contributed by atoms with Gasteiger partial charge in [-0.2, -0.15) is 9.40 Å². The van der Waals surface area contributed by atoms with Crippen molar-refractivity contribution in [1.29, 1.82) is 0 Å². The molecule has 0 fully saturated rings. The van der Waals surface area contributed by atoms with Gasteiger partial charge in [-0.1, -0.05) is 12.8 Å². The molecule has 0 aromatic carbocycles. The maximum absolute atomic E-state index is 12.2. The van der Waals surface area contributed by atoms with E-state index in [-0.39, 0.29) is 11.4 Å². The van der Waals surface area contributed by atoms with Crippen molar-refractivity contribution in [3.8, 4) is 12.3 Å². The third-order valence-corrected chi connectivity index (χ3v) is 4.10. The lowest BCUT2D eigenvalue weighted by molar-refractivity contribution is 0.445. The van der Waals surface area contributed by atoms with Crippen LogP contribution in [0.1, 0.15) is 19.0 Å². The average molecular weight is 241 g/mol. The highest BCUT2D eigenvalue weighted by Gasteiger charge is 2.25. The van der Waals surface area contributed by atoms with Gasteiger partial charge in [0.05, 0.1) is 18.4 Å². The van der Waals surface area contributed by atoms with Gasteiger partial charge in [0.2, 0.25) is 10.0 Å². The van der Waals surface area contributed by atoms with Crippen LogP contribution in [0.2, 0.25) is 0 Å². The monoisotopic (exact) mass is 241 g/mol. The minimum atomic E-state index is -3.52. The van der Waals surface area contributed by atoms with E-state index in [0.29, 0.717) is 12.2 Å². The molecule has 1 N–H and O–H groups in total. The number of hydrogen-bond donors (Lipinski definition) is 1. The summed E-state index contributed by atoms with van der Waals surface area (Å²) in [5.74, 6) is 2.36. The first-order valence-electron chi connectivity index (χ1n) is 4.97. The highest BCUT2D eigenvalue weighted by Crippen LogP contribution is 2.17. The molecule has 1 aromatic heterocycles. The molecule has 16 heavy (non-hydrogen) atoms. The molecular formula is C10H15N3O2S. The number of H-pyrrole nitrogens is 1. The Morgan fingerprint density at radius 1 is 1.62 bits per heavy atom. The van der Waals surface area contributed by atoms with E-state index in [1.54, 1.807) is 6.92 Å². The number of rotatable bonds is 5. The van der Waals surface area contributed by atoms with Crippen LogP contribution in [0.5, 0.6) is 0 Å². The normalized spacial score (nSPS) is 11.6. The summed E-state index contributed by atoms with van der Waals surface area (Å²) in [5, 5.41) is 6.31. The average Bonchev–Trinajstić information content (AvgIpc) is 2.65. The van der Waals surface area contributed by atoms with E-state index in [1.165, 1.54) is 10.5 Å². The quantitative estimate of drug-likeness (QED) is 0.774. The molecule has 5 nitrogen and oxygen atoms in total. The van der Waals surface area contributed by atoms with Crippen LogP contribution in [0.15, 0.2) is 11.1 Å². The second-order valence-electron chi connectivity index (χ2n) is 3.40. The summed E-state index contributed by atoms with van der Waals surface area (Å²) in [6.07, 6.45) is 7.20. The van der Waals surface area contributed by atoms with Crippen molar-refractivity contribution >= 4 is 10.0 Å². The fraction of sp³-hybridized carbons (Fsp3) is 0.500. The van der Waals surface area contributed by atoms with E-state index in [0.717, 1.165) is 6.42 Å². The van der Waals surface area contributed by atoms with E-state index in [4.69, 9.17) is 6.42 Å². The van der Waals surface area contributed by atoms with Crippen molar-refractivity contribution in [1.82, 2.24) is 14.5 Å². The second kappa shape index (κ2) is 5.14. The van der Waals surface area contributed by atoms with Crippen LogP contribution in [0.3, 0.4) is 0 Å². The highest BCUT2D eigenvalue weighted by atomic mass is 32.2. The van der Waals surface area contributed by atoms with Crippen LogP contribution in [-0.2, 0) is 10.0 Å². The SMILES string of the molecule is C#CCN(CCC)S(=O)(=O)c1cn[nH]c1C. The second-order valence-corrected chi connectivity index (χ2v) is 5.31. The summed E-state index contributed by atoms with van der Waals surface area (Å²) in [6, 6.07) is 0. The van der Waals surface area contributed by atoms with Gasteiger partial charge in [-0.15, -0.1) is 6.42 Å². The standard InChI is InChI=1S/C10H15N3O2S/c1-4-6-13(7-5-2)16(14,15)10-8-11-12-9(10)3/h1,8H,5-7H2,2-3H3,(H,11,12). The summed E-state index contributed by atoms with van der Waals surface area (Å²) in [7, 11) is -3.52. The van der Waals surface area contributed by atoms with Crippen molar-refractivity contribution in [3.63, 3.8) is 0 Å². The lowest BCUT2D eigenvalue weighted by Gasteiger charge is -2.18. The fourth-order valence-corrected chi connectivity index (χ4v) is 2.94. The van der Waals surface area contributed by atoms with Gasteiger partial charge in [-0.25, -0.2) is 8.42 Å². The lowest BCUT2D eigenvalue weighted by Crippen LogP contribution is -2.32. The minimum absolute atomic E-state index is 0.0841. The molecule has 0 aliphatic carbocycles. The Balaban J connectivity index is 3.09. The molecular weight excluding hydrogens is 226 g/mol. The van der Waals surface area contributed by atoms with Gasteiger partial charge in [-0.3, -0.25) is 5.10 Å². The molecule has 1 rings (SSSR count). The molecule has 0 atom stereocenters. The molecule has 0 saturated carbocycles. The zero-order valence-electron chi connectivity index (χ0n) is 9.40. The van der Waals surface area contributed by atoms with Gasteiger partial charge >= 0.3 is 0 Å². The van der Waals surface area contributed by atoms with Crippen molar-refractivity contribution < 1.29 is 8.42 Å². The van der Waals surface area contributed by atoms with E-state index in [2.05, 4.69) is 16.1 Å². The van der Waals surface area contributed by atoms with Crippen molar-refractivity contribution in [2.24, 2.45) is 0 Å². The summed E-state index contributed by atoms with van der Waals surface area (Å²) < 4.78 is 25.6. The molecule has 0 aliphatic rings. The maximum Gasteiger partial charge on any atom is 0.247 e. The van der Waals surface area contributed by atoms with Gasteiger partial charge in [-0.05, 0) is 13.3 Å². The molecule has 6 heteroatoms. The Morgan fingerprint density at radius 2 is 2.31 bits per heavy atom. The van der Waals surface area contributed by atoms with E-state index in [9.17, 15) is 8.42 Å². The van der Waals surface area contributed by atoms with Crippen LogP contribution in [-0.4, -0.2) is 36.0 Å². The number of nitrogens with zero attached hydrogens (tertiary/aromatic N) is 2. The predicted octanol–water partition coefficient (Wildman–Crippen LogP) is 0.752. The fourth-order valence-electron chi connectivity index (χ4n) is 1.37. The summed E-state index contributed by atoms with van der Waals surface area (Å²) >= 11 is 0. The molecule has 0 saturated heterocycles. The van der Waals surface area contributed by atoms with E-state index in [1.807, 2.05) is 6.92 Å². The first kappa shape index (κ1) is 12.7. The highest BCUT2D eigenvalue weighted by molar-refractivity contribution is 7.89. The topological polar surface area (TPSA) is 66.1 Å². The third-order valence-electron chi connectivity index (χ3n) is 2.14. The van der Waals surface area contributed by atoms with Crippen LogP contribution < -0.4 is 0 Å². The van der Waals surface area contributed by atoms with Gasteiger partial charge in [0.1, 0.15) is 4.90 Å². The lowest BCUT2D eigenvalue weighted by atomic mass is 10.5. The third kappa shape index (κ3) is 2.43. The van der Waals surface area contributed by atoms with Crippen LogP contribution in [0, 0.1) is 19.3 Å². The van der Waals surface area contributed by atoms with Crippen LogP contribution in [0.25, 0.3) is 0 Å². The minimum Gasteiger partial charge on any atom is -0.281 e. The maximum atomic E-state index is 12.2. The molecule has 0 unspecified atom stereocenters.